The van der Waals surface area contributed by atoms with Crippen LogP contribution in [0.2, 0.25) is 0 Å². The van der Waals surface area contributed by atoms with E-state index in [0.717, 1.165) is 32.1 Å². The van der Waals surface area contributed by atoms with Crippen LogP contribution in [0, 0.1) is 52.3 Å². The summed E-state index contributed by atoms with van der Waals surface area (Å²) in [6.45, 7) is 10.1. The van der Waals surface area contributed by atoms with Crippen LogP contribution in [0.4, 0.5) is 0 Å². The van der Waals surface area contributed by atoms with Crippen LogP contribution in [0.5, 0.6) is 0 Å². The van der Waals surface area contributed by atoms with Gasteiger partial charge in [-0.1, -0.05) is 27.7 Å². The molecule has 3 unspecified atom stereocenters. The monoisotopic (exact) mass is 474 g/mol. The molecule has 0 radical (unpaired) electrons. The second-order valence-electron chi connectivity index (χ2n) is 12.3. The summed E-state index contributed by atoms with van der Waals surface area (Å²) in [6, 6.07) is 0. The molecule has 4 fully saturated rings. The Balaban J connectivity index is 1.60. The lowest BCUT2D eigenvalue weighted by Gasteiger charge is -2.61. The zero-order chi connectivity index (χ0) is 25.0. The van der Waals surface area contributed by atoms with E-state index < -0.39 is 0 Å². The summed E-state index contributed by atoms with van der Waals surface area (Å²) in [5.74, 6) is 0.427. The minimum atomic E-state index is -0.274. The van der Waals surface area contributed by atoms with Crippen molar-refractivity contribution in [3.63, 3.8) is 0 Å². The molecular weight excluding hydrogens is 432 g/mol. The third-order valence-corrected chi connectivity index (χ3v) is 10.7. The molecule has 0 aromatic rings. The molecule has 4 aliphatic carbocycles. The molecule has 0 aromatic carbocycles. The van der Waals surface area contributed by atoms with Gasteiger partial charge in [0.2, 0.25) is 0 Å². The first-order chi connectivity index (χ1) is 15.9. The van der Waals surface area contributed by atoms with Crippen LogP contribution in [0.3, 0.4) is 0 Å². The molecule has 4 saturated carbocycles. The first-order valence-corrected chi connectivity index (χ1v) is 13.2. The fourth-order valence-corrected chi connectivity index (χ4v) is 9.12. The van der Waals surface area contributed by atoms with Crippen molar-refractivity contribution < 1.29 is 28.7 Å². The van der Waals surface area contributed by atoms with E-state index in [2.05, 4.69) is 20.8 Å². The molecule has 0 amide bonds. The fraction of sp³-hybridized carbons (Fsp3) is 0.857. The number of ketones is 2. The third-order valence-electron chi connectivity index (χ3n) is 10.7. The summed E-state index contributed by atoms with van der Waals surface area (Å²) in [7, 11) is 1.42. The lowest BCUT2D eigenvalue weighted by molar-refractivity contribution is -0.182. The van der Waals surface area contributed by atoms with Crippen molar-refractivity contribution in [2.45, 2.75) is 92.1 Å². The molecule has 0 spiro atoms. The predicted octanol–water partition coefficient (Wildman–Crippen LogP) is 4.77. The Morgan fingerprint density at radius 1 is 1.09 bits per heavy atom. The number of carbonyl (C=O) groups excluding carboxylic acids is 4. The summed E-state index contributed by atoms with van der Waals surface area (Å²) >= 11 is 0. The van der Waals surface area contributed by atoms with Gasteiger partial charge in [0, 0.05) is 37.5 Å². The highest BCUT2D eigenvalue weighted by Crippen LogP contribution is 2.67. The number of Topliss-reactive ketones (excluding diaryl/α,β-unsaturated/α-hetero) is 2. The Morgan fingerprint density at radius 2 is 1.79 bits per heavy atom. The minimum absolute atomic E-state index is 0.0730. The summed E-state index contributed by atoms with van der Waals surface area (Å²) in [6.07, 6.45) is 5.78. The molecule has 4 aliphatic rings. The lowest BCUT2D eigenvalue weighted by atomic mass is 9.42. The number of methoxy groups -OCH3 is 1. The SMILES string of the molecule is COC(=O)CC[C@@H](C)[C@H]1CCC2C3C(=O)[C@H](C)[C@@H]4C[C@H](OC(C)=O)CC[C@]4(C)C3C(=O)C[C@@]21C. The van der Waals surface area contributed by atoms with Gasteiger partial charge in [0.15, 0.2) is 0 Å². The third kappa shape index (κ3) is 3.93. The first-order valence-electron chi connectivity index (χ1n) is 13.2. The number of rotatable bonds is 5. The smallest absolute Gasteiger partial charge is 0.305 e. The van der Waals surface area contributed by atoms with E-state index in [0.29, 0.717) is 31.1 Å². The van der Waals surface area contributed by atoms with E-state index in [-0.39, 0.29) is 70.0 Å². The topological polar surface area (TPSA) is 86.7 Å². The van der Waals surface area contributed by atoms with Crippen molar-refractivity contribution in [1.82, 2.24) is 0 Å². The number of fused-ring (bicyclic) bond motifs is 5. The number of ether oxygens (including phenoxy) is 2. The lowest BCUT2D eigenvalue weighted by Crippen LogP contribution is -2.63. The van der Waals surface area contributed by atoms with Crippen molar-refractivity contribution in [2.24, 2.45) is 52.3 Å². The van der Waals surface area contributed by atoms with E-state index in [1.165, 1.54) is 14.0 Å². The average Bonchev–Trinajstić information content (AvgIpc) is 3.11. The van der Waals surface area contributed by atoms with Crippen LogP contribution in [0.15, 0.2) is 0 Å². The van der Waals surface area contributed by atoms with Gasteiger partial charge in [0.1, 0.15) is 17.7 Å². The van der Waals surface area contributed by atoms with Gasteiger partial charge in [-0.25, -0.2) is 0 Å². The van der Waals surface area contributed by atoms with Crippen molar-refractivity contribution >= 4 is 23.5 Å². The zero-order valence-electron chi connectivity index (χ0n) is 21.7. The normalized spacial score (nSPS) is 44.5. The van der Waals surface area contributed by atoms with Crippen LogP contribution in [-0.2, 0) is 28.7 Å². The molecule has 0 aromatic heterocycles. The second kappa shape index (κ2) is 9.05. The van der Waals surface area contributed by atoms with E-state index in [9.17, 15) is 19.2 Å². The Morgan fingerprint density at radius 3 is 2.44 bits per heavy atom. The van der Waals surface area contributed by atoms with Crippen LogP contribution in [0.1, 0.15) is 86.0 Å². The van der Waals surface area contributed by atoms with Gasteiger partial charge < -0.3 is 9.47 Å². The number of hydrogen-bond donors (Lipinski definition) is 0. The largest absolute Gasteiger partial charge is 0.469 e. The molecular formula is C28H42O6. The number of hydrogen-bond acceptors (Lipinski definition) is 6. The maximum Gasteiger partial charge on any atom is 0.305 e. The predicted molar refractivity (Wildman–Crippen MR) is 127 cm³/mol. The van der Waals surface area contributed by atoms with Gasteiger partial charge in [0.25, 0.3) is 0 Å². The van der Waals surface area contributed by atoms with Crippen LogP contribution in [-0.4, -0.2) is 36.7 Å². The van der Waals surface area contributed by atoms with E-state index in [4.69, 9.17) is 9.47 Å². The highest BCUT2D eigenvalue weighted by molar-refractivity contribution is 5.95. The Labute approximate surface area is 203 Å². The van der Waals surface area contributed by atoms with Gasteiger partial charge in [-0.05, 0) is 73.0 Å². The molecule has 4 rings (SSSR count). The molecule has 190 valence electrons. The van der Waals surface area contributed by atoms with Crippen LogP contribution in [0.25, 0.3) is 0 Å². The molecule has 6 heteroatoms. The first kappa shape index (κ1) is 25.4. The summed E-state index contributed by atoms with van der Waals surface area (Å²) in [5.41, 5.74) is -0.414. The van der Waals surface area contributed by atoms with Gasteiger partial charge in [-0.3, -0.25) is 19.2 Å². The molecule has 10 atom stereocenters. The van der Waals surface area contributed by atoms with Gasteiger partial charge in [-0.15, -0.1) is 0 Å². The average molecular weight is 475 g/mol. The molecule has 6 nitrogen and oxygen atoms in total. The highest BCUT2D eigenvalue weighted by atomic mass is 16.5. The molecule has 0 heterocycles. The highest BCUT2D eigenvalue weighted by Gasteiger charge is 2.67. The standard InChI is InChI=1S/C28H42O6/c1-15(7-10-23(31)33-6)19-8-9-20-24-25(22(30)14-28(19,20)5)27(4)12-11-18(34-17(3)29)13-21(27)16(2)26(24)32/h15-16,18-21,24-25H,7-14H2,1-6H3/t15-,16-,18-,19-,20?,21+,24?,25?,27+,28-/m1/s1. The maximum atomic E-state index is 13.9. The molecule has 34 heavy (non-hydrogen) atoms. The Kier molecular flexibility index (Phi) is 6.76. The van der Waals surface area contributed by atoms with Crippen molar-refractivity contribution in [2.75, 3.05) is 7.11 Å². The number of carbonyl (C=O) groups is 4. The summed E-state index contributed by atoms with van der Waals surface area (Å²) in [5, 5.41) is 0. The summed E-state index contributed by atoms with van der Waals surface area (Å²) < 4.78 is 10.4. The van der Waals surface area contributed by atoms with Crippen molar-refractivity contribution in [1.29, 1.82) is 0 Å². The molecule has 0 aliphatic heterocycles. The van der Waals surface area contributed by atoms with Gasteiger partial charge in [0.05, 0.1) is 7.11 Å². The summed E-state index contributed by atoms with van der Waals surface area (Å²) in [4.78, 5) is 51.1. The zero-order valence-corrected chi connectivity index (χ0v) is 21.7. The van der Waals surface area contributed by atoms with Gasteiger partial charge in [-0.2, -0.15) is 0 Å². The quantitative estimate of drug-likeness (QED) is 0.534. The molecule has 0 bridgehead atoms. The van der Waals surface area contributed by atoms with Crippen LogP contribution < -0.4 is 0 Å². The Hall–Kier alpha value is -1.72. The van der Waals surface area contributed by atoms with Crippen molar-refractivity contribution in [3.05, 3.63) is 0 Å². The molecule has 0 N–H and O–H groups in total. The molecule has 0 saturated heterocycles. The van der Waals surface area contributed by atoms with E-state index in [1.54, 1.807) is 0 Å². The Bertz CT molecular complexity index is 865. The van der Waals surface area contributed by atoms with E-state index >= 15 is 0 Å². The maximum absolute atomic E-state index is 13.9. The fourth-order valence-electron chi connectivity index (χ4n) is 9.12. The van der Waals surface area contributed by atoms with Gasteiger partial charge >= 0.3 is 11.9 Å². The minimum Gasteiger partial charge on any atom is -0.469 e. The van der Waals surface area contributed by atoms with E-state index in [1.807, 2.05) is 6.92 Å². The van der Waals surface area contributed by atoms with Crippen LogP contribution >= 0.6 is 0 Å². The second-order valence-corrected chi connectivity index (χ2v) is 12.3. The van der Waals surface area contributed by atoms with Crippen molar-refractivity contribution in [3.8, 4) is 0 Å². The number of esters is 2.